The van der Waals surface area contributed by atoms with Crippen LogP contribution in [-0.4, -0.2) is 68.6 Å². The molecule has 0 aromatic rings. The predicted octanol–water partition coefficient (Wildman–Crippen LogP) is -1.29. The SMILES string of the molecule is CCOC(=O)CS(=O)(=O)[C@H]1CO[C@H]2[C@@H]1OC[C@H]2O[N+](=O)[O-]. The molecule has 0 aliphatic carbocycles. The fourth-order valence-corrected chi connectivity index (χ4v) is 3.97. The molecule has 0 unspecified atom stereocenters. The summed E-state index contributed by atoms with van der Waals surface area (Å²) in [6.45, 7) is 1.31. The Hall–Kier alpha value is -1.46. The van der Waals surface area contributed by atoms with E-state index in [0.717, 1.165) is 0 Å². The molecule has 11 heteroatoms. The normalized spacial score (nSPS) is 31.7. The molecule has 21 heavy (non-hydrogen) atoms. The lowest BCUT2D eigenvalue weighted by atomic mass is 10.1. The van der Waals surface area contributed by atoms with Gasteiger partial charge in [0.1, 0.15) is 23.2 Å². The molecular weight excluding hydrogens is 310 g/mol. The van der Waals surface area contributed by atoms with Crippen LogP contribution in [0.3, 0.4) is 0 Å². The molecule has 0 spiro atoms. The summed E-state index contributed by atoms with van der Waals surface area (Å²) in [4.78, 5) is 26.0. The average Bonchev–Trinajstić information content (AvgIpc) is 2.91. The number of fused-ring (bicyclic) bond motifs is 1. The van der Waals surface area contributed by atoms with Crippen molar-refractivity contribution in [3.63, 3.8) is 0 Å². The Labute approximate surface area is 120 Å². The number of sulfone groups is 1. The van der Waals surface area contributed by atoms with E-state index in [2.05, 4.69) is 9.57 Å². The van der Waals surface area contributed by atoms with Crippen molar-refractivity contribution >= 4 is 15.8 Å². The monoisotopic (exact) mass is 325 g/mol. The van der Waals surface area contributed by atoms with Crippen molar-refractivity contribution in [3.05, 3.63) is 10.1 Å². The van der Waals surface area contributed by atoms with E-state index in [0.29, 0.717) is 0 Å². The minimum absolute atomic E-state index is 0.0802. The fourth-order valence-electron chi connectivity index (χ4n) is 2.41. The lowest BCUT2D eigenvalue weighted by Crippen LogP contribution is -2.39. The summed E-state index contributed by atoms with van der Waals surface area (Å²) >= 11 is 0. The van der Waals surface area contributed by atoms with Gasteiger partial charge in [0.2, 0.25) is 0 Å². The standard InChI is InChI=1S/C10H15NO9S/c1-2-17-8(12)5-21(15,16)7-4-19-9-6(20-11(13)14)3-18-10(7)9/h6-7,9-10H,2-5H2,1H3/t6-,7+,9-,10-/m1/s1. The summed E-state index contributed by atoms with van der Waals surface area (Å²) in [5.74, 6) is -1.63. The lowest BCUT2D eigenvalue weighted by molar-refractivity contribution is -0.769. The smallest absolute Gasteiger partial charge is 0.321 e. The Kier molecular flexibility index (Phi) is 4.64. The largest absolute Gasteiger partial charge is 0.465 e. The van der Waals surface area contributed by atoms with E-state index < -0.39 is 50.2 Å². The maximum atomic E-state index is 12.2. The van der Waals surface area contributed by atoms with Crippen LogP contribution in [-0.2, 0) is 33.7 Å². The number of hydrogen-bond donors (Lipinski definition) is 0. The molecule has 2 aliphatic rings. The molecule has 4 atom stereocenters. The first-order valence-electron chi connectivity index (χ1n) is 6.26. The maximum absolute atomic E-state index is 12.2. The summed E-state index contributed by atoms with van der Waals surface area (Å²) in [6.07, 6.45) is -2.68. The molecule has 0 radical (unpaired) electrons. The second-order valence-electron chi connectivity index (χ2n) is 4.61. The molecule has 2 fully saturated rings. The third-order valence-electron chi connectivity index (χ3n) is 3.27. The Bertz CT molecular complexity index is 519. The Morgan fingerprint density at radius 3 is 2.62 bits per heavy atom. The number of carbonyl (C=O) groups excluding carboxylic acids is 1. The molecule has 0 bridgehead atoms. The molecule has 0 aromatic carbocycles. The highest BCUT2D eigenvalue weighted by molar-refractivity contribution is 7.92. The van der Waals surface area contributed by atoms with E-state index in [1.165, 1.54) is 0 Å². The third-order valence-corrected chi connectivity index (χ3v) is 5.23. The molecule has 2 aliphatic heterocycles. The van der Waals surface area contributed by atoms with Crippen molar-refractivity contribution in [3.8, 4) is 0 Å². The van der Waals surface area contributed by atoms with Crippen molar-refractivity contribution in [2.45, 2.75) is 30.5 Å². The quantitative estimate of drug-likeness (QED) is 0.332. The van der Waals surface area contributed by atoms with Crippen molar-refractivity contribution in [2.75, 3.05) is 25.6 Å². The molecule has 2 heterocycles. The zero-order valence-electron chi connectivity index (χ0n) is 11.2. The molecule has 0 aromatic heterocycles. The zero-order valence-corrected chi connectivity index (χ0v) is 12.0. The van der Waals surface area contributed by atoms with Gasteiger partial charge in [0.15, 0.2) is 15.9 Å². The molecule has 0 amide bonds. The summed E-state index contributed by atoms with van der Waals surface area (Å²) in [5, 5.41) is 8.30. The van der Waals surface area contributed by atoms with Crippen LogP contribution >= 0.6 is 0 Å². The van der Waals surface area contributed by atoms with Crippen molar-refractivity contribution < 1.29 is 37.3 Å². The number of carbonyl (C=O) groups is 1. The van der Waals surface area contributed by atoms with Crippen LogP contribution in [0.4, 0.5) is 0 Å². The molecule has 10 nitrogen and oxygen atoms in total. The number of rotatable bonds is 6. The molecular formula is C10H15NO9S. The lowest BCUT2D eigenvalue weighted by Gasteiger charge is -2.16. The van der Waals surface area contributed by atoms with Crippen LogP contribution in [0.1, 0.15) is 6.92 Å². The van der Waals surface area contributed by atoms with E-state index >= 15 is 0 Å². The van der Waals surface area contributed by atoms with Gasteiger partial charge in [-0.05, 0) is 6.92 Å². The van der Waals surface area contributed by atoms with E-state index in [9.17, 15) is 23.3 Å². The summed E-state index contributed by atoms with van der Waals surface area (Å²) in [7, 11) is -3.84. The zero-order chi connectivity index (χ0) is 15.6. The predicted molar refractivity (Wildman–Crippen MR) is 65.6 cm³/mol. The highest BCUT2D eigenvalue weighted by Gasteiger charge is 2.54. The van der Waals surface area contributed by atoms with Crippen LogP contribution in [0, 0.1) is 10.1 Å². The number of nitrogens with zero attached hydrogens (tertiary/aromatic N) is 1. The van der Waals surface area contributed by atoms with E-state index in [1.54, 1.807) is 6.92 Å². The van der Waals surface area contributed by atoms with Crippen LogP contribution < -0.4 is 0 Å². The number of hydrogen-bond acceptors (Lipinski definition) is 9. The number of ether oxygens (including phenoxy) is 3. The first kappa shape index (κ1) is 15.9. The van der Waals surface area contributed by atoms with Gasteiger partial charge >= 0.3 is 5.97 Å². The molecule has 0 N–H and O–H groups in total. The van der Waals surface area contributed by atoms with Gasteiger partial charge in [-0.2, -0.15) is 0 Å². The number of esters is 1. The second-order valence-corrected chi connectivity index (χ2v) is 6.83. The van der Waals surface area contributed by atoms with Gasteiger partial charge in [-0.1, -0.05) is 0 Å². The second kappa shape index (κ2) is 6.12. The minimum Gasteiger partial charge on any atom is -0.465 e. The van der Waals surface area contributed by atoms with E-state index in [4.69, 9.17) is 9.47 Å². The van der Waals surface area contributed by atoms with Gasteiger partial charge in [-0.25, -0.2) is 8.42 Å². The average molecular weight is 325 g/mol. The summed E-state index contributed by atoms with van der Waals surface area (Å²) < 4.78 is 39.4. The van der Waals surface area contributed by atoms with Gasteiger partial charge in [-0.15, -0.1) is 10.1 Å². The maximum Gasteiger partial charge on any atom is 0.321 e. The molecule has 2 saturated heterocycles. The Balaban J connectivity index is 2.03. The molecule has 0 saturated carbocycles. The van der Waals surface area contributed by atoms with Gasteiger partial charge < -0.3 is 19.0 Å². The van der Waals surface area contributed by atoms with Gasteiger partial charge in [0.25, 0.3) is 5.09 Å². The Morgan fingerprint density at radius 2 is 2.00 bits per heavy atom. The van der Waals surface area contributed by atoms with Crippen LogP contribution in [0.5, 0.6) is 0 Å². The Morgan fingerprint density at radius 1 is 1.33 bits per heavy atom. The van der Waals surface area contributed by atoms with Crippen LogP contribution in [0.15, 0.2) is 0 Å². The van der Waals surface area contributed by atoms with Crippen molar-refractivity contribution in [1.82, 2.24) is 0 Å². The van der Waals surface area contributed by atoms with Gasteiger partial charge in [0, 0.05) is 0 Å². The van der Waals surface area contributed by atoms with E-state index in [1.807, 2.05) is 0 Å². The van der Waals surface area contributed by atoms with Gasteiger partial charge in [0.05, 0.1) is 19.8 Å². The molecule has 120 valence electrons. The highest BCUT2D eigenvalue weighted by atomic mass is 32.2. The molecule has 2 rings (SSSR count). The van der Waals surface area contributed by atoms with Crippen molar-refractivity contribution in [2.24, 2.45) is 0 Å². The first-order chi connectivity index (χ1) is 9.85. The topological polar surface area (TPSA) is 131 Å². The minimum atomic E-state index is -3.84. The van der Waals surface area contributed by atoms with Gasteiger partial charge in [-0.3, -0.25) is 4.79 Å². The summed E-state index contributed by atoms with van der Waals surface area (Å²) in [6, 6.07) is 0. The van der Waals surface area contributed by atoms with E-state index in [-0.39, 0.29) is 19.8 Å². The van der Waals surface area contributed by atoms with Crippen molar-refractivity contribution in [1.29, 1.82) is 0 Å². The fraction of sp³-hybridized carbons (Fsp3) is 0.900. The van der Waals surface area contributed by atoms with Crippen LogP contribution in [0.2, 0.25) is 0 Å². The summed E-state index contributed by atoms with van der Waals surface area (Å²) in [5.41, 5.74) is 0. The first-order valence-corrected chi connectivity index (χ1v) is 7.98. The highest BCUT2D eigenvalue weighted by Crippen LogP contribution is 2.32. The third kappa shape index (κ3) is 3.41. The van der Waals surface area contributed by atoms with Crippen LogP contribution in [0.25, 0.3) is 0 Å².